The Labute approximate surface area is 133 Å². The number of hydrogen-bond acceptors (Lipinski definition) is 4. The Morgan fingerprint density at radius 3 is 2.32 bits per heavy atom. The third kappa shape index (κ3) is 4.00. The van der Waals surface area contributed by atoms with Gasteiger partial charge >= 0.3 is 0 Å². The summed E-state index contributed by atoms with van der Waals surface area (Å²) in [5.74, 6) is 0.495. The highest BCUT2D eigenvalue weighted by molar-refractivity contribution is 5.79. The molecular formula is C17H30N2O3. The highest BCUT2D eigenvalue weighted by Gasteiger charge is 2.34. The van der Waals surface area contributed by atoms with Crippen LogP contribution in [0.5, 0.6) is 0 Å². The van der Waals surface area contributed by atoms with E-state index in [0.717, 1.165) is 71.2 Å². The molecular weight excluding hydrogens is 280 g/mol. The van der Waals surface area contributed by atoms with Crippen molar-refractivity contribution in [3.05, 3.63) is 0 Å². The quantitative estimate of drug-likeness (QED) is 0.852. The first-order valence-electron chi connectivity index (χ1n) is 8.98. The molecule has 0 atom stereocenters. The summed E-state index contributed by atoms with van der Waals surface area (Å²) in [7, 11) is 0. The second-order valence-electron chi connectivity index (χ2n) is 7.27. The first-order chi connectivity index (χ1) is 10.7. The minimum atomic E-state index is -0.473. The molecule has 3 aliphatic rings. The zero-order chi connectivity index (χ0) is 15.4. The van der Waals surface area contributed by atoms with Crippen LogP contribution in [0.3, 0.4) is 0 Å². The maximum atomic E-state index is 12.5. The molecule has 126 valence electrons. The molecule has 0 aromatic heterocycles. The summed E-state index contributed by atoms with van der Waals surface area (Å²) in [5, 5.41) is 10.7. The van der Waals surface area contributed by atoms with Crippen LogP contribution in [0.15, 0.2) is 0 Å². The molecule has 0 aromatic carbocycles. The molecule has 2 aliphatic heterocycles. The monoisotopic (exact) mass is 310 g/mol. The van der Waals surface area contributed by atoms with Crippen molar-refractivity contribution in [2.45, 2.75) is 50.5 Å². The summed E-state index contributed by atoms with van der Waals surface area (Å²) >= 11 is 0. The molecule has 0 unspecified atom stereocenters. The summed E-state index contributed by atoms with van der Waals surface area (Å²) in [4.78, 5) is 16.9. The number of likely N-dealkylation sites (tertiary alicyclic amines) is 1. The summed E-state index contributed by atoms with van der Waals surface area (Å²) in [5.41, 5.74) is -0.473. The van der Waals surface area contributed by atoms with Gasteiger partial charge in [-0.15, -0.1) is 0 Å². The van der Waals surface area contributed by atoms with E-state index in [2.05, 4.69) is 4.90 Å². The van der Waals surface area contributed by atoms with E-state index in [1.54, 1.807) is 0 Å². The number of hydrogen-bond donors (Lipinski definition) is 1. The van der Waals surface area contributed by atoms with Gasteiger partial charge in [0, 0.05) is 25.6 Å². The normalized spacial score (nSPS) is 27.8. The molecule has 2 heterocycles. The van der Waals surface area contributed by atoms with Gasteiger partial charge in [-0.2, -0.15) is 0 Å². The molecule has 1 amide bonds. The number of carbonyl (C=O) groups is 1. The van der Waals surface area contributed by atoms with Gasteiger partial charge in [-0.05, 0) is 38.8 Å². The Kier molecular flexibility index (Phi) is 5.37. The van der Waals surface area contributed by atoms with Crippen molar-refractivity contribution in [1.82, 2.24) is 9.80 Å². The fraction of sp³-hybridized carbons (Fsp3) is 0.941. The zero-order valence-electron chi connectivity index (χ0n) is 13.6. The van der Waals surface area contributed by atoms with Crippen molar-refractivity contribution in [2.75, 3.05) is 45.9 Å². The topological polar surface area (TPSA) is 53.0 Å². The molecule has 0 radical (unpaired) electrons. The van der Waals surface area contributed by atoms with Crippen molar-refractivity contribution in [2.24, 2.45) is 5.92 Å². The van der Waals surface area contributed by atoms with Crippen molar-refractivity contribution < 1.29 is 14.6 Å². The third-order valence-corrected chi connectivity index (χ3v) is 5.56. The Bertz CT molecular complexity index is 368. The molecule has 3 fully saturated rings. The van der Waals surface area contributed by atoms with Crippen LogP contribution < -0.4 is 0 Å². The van der Waals surface area contributed by atoms with Gasteiger partial charge in [0.15, 0.2) is 0 Å². The van der Waals surface area contributed by atoms with Crippen LogP contribution in [-0.2, 0) is 9.53 Å². The van der Waals surface area contributed by atoms with Crippen LogP contribution in [-0.4, -0.2) is 72.4 Å². The zero-order valence-corrected chi connectivity index (χ0v) is 13.6. The van der Waals surface area contributed by atoms with Gasteiger partial charge < -0.3 is 19.6 Å². The molecule has 22 heavy (non-hydrogen) atoms. The minimum Gasteiger partial charge on any atom is -0.389 e. The van der Waals surface area contributed by atoms with Crippen molar-refractivity contribution in [1.29, 1.82) is 0 Å². The van der Waals surface area contributed by atoms with E-state index < -0.39 is 5.60 Å². The SMILES string of the molecule is O=C(C1CCN(CC2(O)CCCCC2)CC1)N1CCOCC1. The number of nitrogens with zero attached hydrogens (tertiary/aromatic N) is 2. The highest BCUT2D eigenvalue weighted by atomic mass is 16.5. The van der Waals surface area contributed by atoms with Crippen LogP contribution in [0.1, 0.15) is 44.9 Å². The van der Waals surface area contributed by atoms with Crippen LogP contribution in [0.25, 0.3) is 0 Å². The largest absolute Gasteiger partial charge is 0.389 e. The van der Waals surface area contributed by atoms with Gasteiger partial charge in [0.1, 0.15) is 0 Å². The number of piperidine rings is 1. The van der Waals surface area contributed by atoms with E-state index in [4.69, 9.17) is 4.74 Å². The maximum Gasteiger partial charge on any atom is 0.225 e. The Hall–Kier alpha value is -0.650. The predicted octanol–water partition coefficient (Wildman–Crippen LogP) is 1.25. The highest BCUT2D eigenvalue weighted by Crippen LogP contribution is 2.30. The third-order valence-electron chi connectivity index (χ3n) is 5.56. The molecule has 0 bridgehead atoms. The summed E-state index contributed by atoms with van der Waals surface area (Å²) in [6.45, 7) is 5.55. The van der Waals surface area contributed by atoms with Crippen molar-refractivity contribution in [3.8, 4) is 0 Å². The van der Waals surface area contributed by atoms with Gasteiger partial charge in [0.05, 0.1) is 18.8 Å². The van der Waals surface area contributed by atoms with Gasteiger partial charge in [0.25, 0.3) is 0 Å². The summed E-state index contributed by atoms with van der Waals surface area (Å²) < 4.78 is 5.32. The average Bonchev–Trinajstić information content (AvgIpc) is 2.56. The summed E-state index contributed by atoms with van der Waals surface area (Å²) in [6, 6.07) is 0. The minimum absolute atomic E-state index is 0.176. The molecule has 5 heteroatoms. The lowest BCUT2D eigenvalue weighted by Gasteiger charge is -2.40. The van der Waals surface area contributed by atoms with Gasteiger partial charge in [-0.3, -0.25) is 4.79 Å². The van der Waals surface area contributed by atoms with E-state index in [0.29, 0.717) is 19.1 Å². The molecule has 2 saturated heterocycles. The van der Waals surface area contributed by atoms with E-state index in [9.17, 15) is 9.90 Å². The number of carbonyl (C=O) groups excluding carboxylic acids is 1. The van der Waals surface area contributed by atoms with Crippen LogP contribution in [0.2, 0.25) is 0 Å². The van der Waals surface area contributed by atoms with Crippen molar-refractivity contribution in [3.63, 3.8) is 0 Å². The standard InChI is InChI=1S/C17H30N2O3/c20-16(19-10-12-22-13-11-19)15-4-8-18(9-5-15)14-17(21)6-2-1-3-7-17/h15,21H,1-14H2. The van der Waals surface area contributed by atoms with E-state index >= 15 is 0 Å². The molecule has 1 aliphatic carbocycles. The Balaban J connectivity index is 1.44. The maximum absolute atomic E-state index is 12.5. The lowest BCUT2D eigenvalue weighted by atomic mass is 9.83. The average molecular weight is 310 g/mol. The number of ether oxygens (including phenoxy) is 1. The van der Waals surface area contributed by atoms with E-state index in [-0.39, 0.29) is 5.92 Å². The fourth-order valence-corrected chi connectivity index (χ4v) is 4.16. The first-order valence-corrected chi connectivity index (χ1v) is 8.98. The fourth-order valence-electron chi connectivity index (χ4n) is 4.16. The lowest BCUT2D eigenvalue weighted by Crippen LogP contribution is -2.50. The van der Waals surface area contributed by atoms with Gasteiger partial charge in [-0.25, -0.2) is 0 Å². The molecule has 1 N–H and O–H groups in total. The smallest absolute Gasteiger partial charge is 0.225 e. The second kappa shape index (κ2) is 7.28. The number of rotatable bonds is 3. The van der Waals surface area contributed by atoms with E-state index in [1.807, 2.05) is 4.90 Å². The van der Waals surface area contributed by atoms with Crippen LogP contribution in [0.4, 0.5) is 0 Å². The Morgan fingerprint density at radius 1 is 1.05 bits per heavy atom. The number of morpholine rings is 1. The summed E-state index contributed by atoms with van der Waals surface area (Å²) in [6.07, 6.45) is 7.33. The second-order valence-corrected chi connectivity index (χ2v) is 7.27. The van der Waals surface area contributed by atoms with Crippen LogP contribution >= 0.6 is 0 Å². The molecule has 0 spiro atoms. The molecule has 0 aromatic rings. The predicted molar refractivity (Wildman–Crippen MR) is 84.6 cm³/mol. The number of β-amino-alcohol motifs (C(OH)–C–C–N with tert-alkyl or cyclic N) is 1. The first kappa shape index (κ1) is 16.2. The molecule has 1 saturated carbocycles. The molecule has 3 rings (SSSR count). The lowest BCUT2D eigenvalue weighted by molar-refractivity contribution is -0.141. The number of aliphatic hydroxyl groups is 1. The van der Waals surface area contributed by atoms with Crippen LogP contribution in [0, 0.1) is 5.92 Å². The Morgan fingerprint density at radius 2 is 1.68 bits per heavy atom. The van der Waals surface area contributed by atoms with Gasteiger partial charge in [0.2, 0.25) is 5.91 Å². The number of amides is 1. The van der Waals surface area contributed by atoms with E-state index in [1.165, 1.54) is 6.42 Å². The van der Waals surface area contributed by atoms with Crippen molar-refractivity contribution >= 4 is 5.91 Å². The van der Waals surface area contributed by atoms with Gasteiger partial charge in [-0.1, -0.05) is 19.3 Å². The molecule has 5 nitrogen and oxygen atoms in total.